The molecular weight excluding hydrogens is 384 g/mol. The highest BCUT2D eigenvalue weighted by atomic mass is 32.3. The zero-order chi connectivity index (χ0) is 18.3. The molecule has 1 aliphatic heterocycles. The predicted molar refractivity (Wildman–Crippen MR) is 96.6 cm³/mol. The molecule has 0 radical (unpaired) electrons. The molecule has 0 unspecified atom stereocenters. The molecular formula is C15H15NO6P2S. The second kappa shape index (κ2) is 6.34. The van der Waals surface area contributed by atoms with Gasteiger partial charge in [-0.1, -0.05) is 36.4 Å². The van der Waals surface area contributed by atoms with Crippen LogP contribution in [0.15, 0.2) is 86.3 Å². The quantitative estimate of drug-likeness (QED) is 0.584. The first-order chi connectivity index (χ1) is 11.7. The number of rotatable bonds is 4. The van der Waals surface area contributed by atoms with Crippen molar-refractivity contribution in [3.8, 4) is 0 Å². The molecule has 2 aromatic rings. The highest BCUT2D eigenvalue weighted by Gasteiger charge is 2.48. The lowest BCUT2D eigenvalue weighted by Crippen LogP contribution is -2.10. The molecule has 7 nitrogen and oxygen atoms in total. The Bertz CT molecular complexity index is 909. The Kier molecular flexibility index (Phi) is 4.64. The molecule has 0 amide bonds. The van der Waals surface area contributed by atoms with Gasteiger partial charge in [-0.3, -0.25) is 9.13 Å². The van der Waals surface area contributed by atoms with Gasteiger partial charge < -0.3 is 19.6 Å². The van der Waals surface area contributed by atoms with Crippen LogP contribution in [0.2, 0.25) is 0 Å². The highest BCUT2D eigenvalue weighted by Crippen LogP contribution is 2.76. The molecule has 3 rings (SSSR count). The van der Waals surface area contributed by atoms with Crippen LogP contribution in [0, 0.1) is 0 Å². The first-order valence-corrected chi connectivity index (χ1v) is 11.9. The van der Waals surface area contributed by atoms with Gasteiger partial charge >= 0.3 is 15.2 Å². The third-order valence-corrected chi connectivity index (χ3v) is 10.0. The van der Waals surface area contributed by atoms with E-state index in [-0.39, 0.29) is 0 Å². The number of hydrogen-bond donors (Lipinski definition) is 4. The van der Waals surface area contributed by atoms with Gasteiger partial charge in [0.1, 0.15) is 0 Å². The largest absolute Gasteiger partial charge is 0.380 e. The summed E-state index contributed by atoms with van der Waals surface area (Å²) in [5.41, 5.74) is -0.617. The van der Waals surface area contributed by atoms with E-state index >= 15 is 0 Å². The Morgan fingerprint density at radius 2 is 1.16 bits per heavy atom. The predicted octanol–water partition coefficient (Wildman–Crippen LogP) is 3.43. The fraction of sp³-hybridized carbons (Fsp3) is 0. The van der Waals surface area contributed by atoms with Crippen molar-refractivity contribution in [3.05, 3.63) is 71.5 Å². The van der Waals surface area contributed by atoms with Gasteiger partial charge in [-0.05, 0) is 24.3 Å². The Morgan fingerprint density at radius 1 is 0.720 bits per heavy atom. The van der Waals surface area contributed by atoms with E-state index in [0.29, 0.717) is 9.79 Å². The molecule has 0 spiro atoms. The summed E-state index contributed by atoms with van der Waals surface area (Å²) in [7, 11) is -12.4. The SMILES string of the molecule is O=P(O)(O)C1=CS(c2ccccc2)(c2ccccc2)C(P(=O)(O)O)=N1. The van der Waals surface area contributed by atoms with E-state index in [2.05, 4.69) is 4.99 Å². The minimum Gasteiger partial charge on any atom is -0.320 e. The van der Waals surface area contributed by atoms with Crippen LogP contribution in [0.4, 0.5) is 0 Å². The van der Waals surface area contributed by atoms with Crippen LogP contribution in [-0.2, 0) is 9.13 Å². The summed E-state index contributed by atoms with van der Waals surface area (Å²) in [4.78, 5) is 43.1. The van der Waals surface area contributed by atoms with Crippen LogP contribution in [0.3, 0.4) is 0 Å². The van der Waals surface area contributed by atoms with Gasteiger partial charge in [0, 0.05) is 15.2 Å². The second-order valence-corrected chi connectivity index (χ2v) is 11.5. The van der Waals surface area contributed by atoms with E-state index in [1.54, 1.807) is 60.7 Å². The summed E-state index contributed by atoms with van der Waals surface area (Å²) in [6.07, 6.45) is 0. The first kappa shape index (κ1) is 18.3. The van der Waals surface area contributed by atoms with Crippen LogP contribution >= 0.6 is 25.2 Å². The maximum absolute atomic E-state index is 12.2. The van der Waals surface area contributed by atoms with Crippen molar-refractivity contribution in [2.45, 2.75) is 9.79 Å². The second-order valence-electron chi connectivity index (χ2n) is 5.24. The Hall–Kier alpha value is -1.50. The van der Waals surface area contributed by atoms with Crippen molar-refractivity contribution in [1.82, 2.24) is 0 Å². The van der Waals surface area contributed by atoms with Crippen LogP contribution in [-0.4, -0.2) is 24.4 Å². The summed E-state index contributed by atoms with van der Waals surface area (Å²) < 4.78 is 23.9. The Balaban J connectivity index is 2.42. The normalized spacial score (nSPS) is 18.4. The molecule has 1 heterocycles. The Morgan fingerprint density at radius 3 is 1.52 bits per heavy atom. The van der Waals surface area contributed by atoms with Gasteiger partial charge in [0.25, 0.3) is 0 Å². The maximum atomic E-state index is 12.2. The molecule has 0 bridgehead atoms. The van der Waals surface area contributed by atoms with Gasteiger partial charge in [-0.15, -0.1) is 10.0 Å². The molecule has 0 saturated heterocycles. The number of nitrogens with zero attached hydrogens (tertiary/aromatic N) is 1. The molecule has 0 aliphatic carbocycles. The van der Waals surface area contributed by atoms with Crippen LogP contribution < -0.4 is 0 Å². The number of benzene rings is 2. The van der Waals surface area contributed by atoms with Gasteiger partial charge in [0.2, 0.25) is 0 Å². The molecule has 25 heavy (non-hydrogen) atoms. The lowest BCUT2D eigenvalue weighted by molar-refractivity contribution is 0.382. The molecule has 0 atom stereocenters. The van der Waals surface area contributed by atoms with E-state index < -0.39 is 35.4 Å². The van der Waals surface area contributed by atoms with Crippen molar-refractivity contribution < 1.29 is 28.7 Å². The average Bonchev–Trinajstić information content (AvgIpc) is 2.99. The lowest BCUT2D eigenvalue weighted by atomic mass is 10.4. The fourth-order valence-electron chi connectivity index (χ4n) is 2.55. The molecule has 0 fully saturated rings. The highest BCUT2D eigenvalue weighted by molar-refractivity contribution is 8.53. The number of hydrogen-bond acceptors (Lipinski definition) is 3. The van der Waals surface area contributed by atoms with E-state index in [0.717, 1.165) is 0 Å². The maximum Gasteiger partial charge on any atom is 0.380 e. The molecule has 0 saturated carbocycles. The molecule has 0 aromatic heterocycles. The number of aliphatic imine (C=N–C) groups is 1. The topological polar surface area (TPSA) is 127 Å². The summed E-state index contributed by atoms with van der Waals surface area (Å²) in [5, 5.41) is 1.23. The van der Waals surface area contributed by atoms with Crippen molar-refractivity contribution >= 4 is 30.0 Å². The zero-order valence-electron chi connectivity index (χ0n) is 12.7. The van der Waals surface area contributed by atoms with Gasteiger partial charge in [0.15, 0.2) is 10.2 Å². The monoisotopic (exact) mass is 399 g/mol. The van der Waals surface area contributed by atoms with E-state index in [9.17, 15) is 28.7 Å². The fourth-order valence-corrected chi connectivity index (χ4v) is 9.33. The third-order valence-electron chi connectivity index (χ3n) is 3.56. The van der Waals surface area contributed by atoms with Gasteiger partial charge in [-0.25, -0.2) is 4.99 Å². The van der Waals surface area contributed by atoms with Crippen molar-refractivity contribution in [2.24, 2.45) is 4.99 Å². The van der Waals surface area contributed by atoms with E-state index in [1.807, 2.05) is 0 Å². The summed E-state index contributed by atoms with van der Waals surface area (Å²) in [6, 6.07) is 17.0. The molecule has 10 heteroatoms. The van der Waals surface area contributed by atoms with Gasteiger partial charge in [-0.2, -0.15) is 0 Å². The van der Waals surface area contributed by atoms with Crippen molar-refractivity contribution in [3.63, 3.8) is 0 Å². The minimum atomic E-state index is -4.88. The Labute approximate surface area is 145 Å². The van der Waals surface area contributed by atoms with E-state index in [1.165, 1.54) is 5.41 Å². The third kappa shape index (κ3) is 3.30. The summed E-state index contributed by atoms with van der Waals surface area (Å²) >= 11 is 0. The average molecular weight is 399 g/mol. The smallest absolute Gasteiger partial charge is 0.320 e. The molecule has 4 N–H and O–H groups in total. The molecule has 132 valence electrons. The van der Waals surface area contributed by atoms with Crippen LogP contribution in [0.5, 0.6) is 0 Å². The van der Waals surface area contributed by atoms with Crippen LogP contribution in [0.25, 0.3) is 0 Å². The lowest BCUT2D eigenvalue weighted by Gasteiger charge is -2.35. The molecule has 2 aromatic carbocycles. The van der Waals surface area contributed by atoms with E-state index in [4.69, 9.17) is 0 Å². The molecule has 1 aliphatic rings. The van der Waals surface area contributed by atoms with Crippen molar-refractivity contribution in [2.75, 3.05) is 0 Å². The summed E-state index contributed by atoms with van der Waals surface area (Å²) in [5.74, 6) is 0. The summed E-state index contributed by atoms with van der Waals surface area (Å²) in [6.45, 7) is 0. The first-order valence-electron chi connectivity index (χ1n) is 7.02. The minimum absolute atomic E-state index is 0.518. The van der Waals surface area contributed by atoms with Crippen molar-refractivity contribution in [1.29, 1.82) is 0 Å². The zero-order valence-corrected chi connectivity index (χ0v) is 15.3. The standard InChI is InChI=1S/C15H15NO6P2S/c17-23(18,19)14-11-25(12-7-3-1-4-8-12,13-9-5-2-6-10-13)15(16-14)24(20,21)22/h1-11H,(H2,17,18,19)(H2,20,21,22). The van der Waals surface area contributed by atoms with Crippen LogP contribution in [0.1, 0.15) is 0 Å². The van der Waals surface area contributed by atoms with Gasteiger partial charge in [0.05, 0.1) is 0 Å².